The molecule has 22 heavy (non-hydrogen) atoms. The average Bonchev–Trinajstić information content (AvgIpc) is 2.85. The molecule has 3 aromatic rings. The van der Waals surface area contributed by atoms with E-state index < -0.39 is 0 Å². The predicted molar refractivity (Wildman–Crippen MR) is 88.5 cm³/mol. The van der Waals surface area contributed by atoms with Crippen LogP contribution in [0, 0.1) is 0 Å². The van der Waals surface area contributed by atoms with Crippen molar-refractivity contribution < 1.29 is 0 Å². The summed E-state index contributed by atoms with van der Waals surface area (Å²) in [7, 11) is 0. The molecule has 0 aromatic carbocycles. The molecule has 5 nitrogen and oxygen atoms in total. The van der Waals surface area contributed by atoms with Gasteiger partial charge in [0.05, 0.1) is 0 Å². The average molecular weight is 399 g/mol. The molecule has 0 fully saturated rings. The second-order valence-corrected chi connectivity index (χ2v) is 8.08. The van der Waals surface area contributed by atoms with Gasteiger partial charge in [0.15, 0.2) is 0 Å². The van der Waals surface area contributed by atoms with Gasteiger partial charge in [-0.05, 0) is 0 Å². The third-order valence-electron chi connectivity index (χ3n) is 3.67. The first-order chi connectivity index (χ1) is 10.7. The Labute approximate surface area is 142 Å². The van der Waals surface area contributed by atoms with E-state index in [4.69, 9.17) is 23.2 Å². The van der Waals surface area contributed by atoms with Gasteiger partial charge in [-0.2, -0.15) is 0 Å². The van der Waals surface area contributed by atoms with Gasteiger partial charge in [0.25, 0.3) is 0 Å². The number of halogens is 2. The number of hydrogen-bond donors (Lipinski definition) is 1. The van der Waals surface area contributed by atoms with E-state index in [0.29, 0.717) is 25.5 Å². The topological polar surface area (TPSA) is 63.6 Å². The zero-order chi connectivity index (χ0) is 15.1. The molecule has 0 bridgehead atoms. The molecular formula is C14H11Cl2N5Se. The molecule has 0 saturated heterocycles. The number of hydrogen-bond acceptors (Lipinski definition) is 5. The molecule has 3 aromatic heterocycles. The van der Waals surface area contributed by atoms with Crippen molar-refractivity contribution in [1.82, 2.24) is 19.9 Å². The van der Waals surface area contributed by atoms with Crippen LogP contribution in [0.3, 0.4) is 0 Å². The molecule has 1 aliphatic carbocycles. The fourth-order valence-corrected chi connectivity index (χ4v) is 5.75. The Morgan fingerprint density at radius 2 is 1.95 bits per heavy atom. The van der Waals surface area contributed by atoms with Crippen LogP contribution in [0.5, 0.6) is 0 Å². The summed E-state index contributed by atoms with van der Waals surface area (Å²) < 4.78 is 2.72. The zero-order valence-corrected chi connectivity index (χ0v) is 14.7. The Hall–Kier alpha value is -1.20. The fraction of sp³-hybridized carbons (Fsp3) is 0.286. The van der Waals surface area contributed by atoms with Gasteiger partial charge in [-0.15, -0.1) is 0 Å². The maximum atomic E-state index is 5.93. The van der Waals surface area contributed by atoms with Crippen LogP contribution in [0.25, 0.3) is 9.78 Å². The van der Waals surface area contributed by atoms with Crippen molar-refractivity contribution in [2.24, 2.45) is 0 Å². The molecule has 0 saturated carbocycles. The summed E-state index contributed by atoms with van der Waals surface area (Å²) in [5, 5.41) is 4.79. The molecule has 1 aliphatic rings. The van der Waals surface area contributed by atoms with E-state index >= 15 is 0 Å². The number of fused-ring (bicyclic) bond motifs is 3. The molecule has 0 spiro atoms. The van der Waals surface area contributed by atoms with Crippen LogP contribution < -0.4 is 5.32 Å². The second-order valence-electron chi connectivity index (χ2n) is 5.08. The Morgan fingerprint density at radius 3 is 2.82 bits per heavy atom. The standard InChI is InChI=1S/C14H11Cl2N5Se/c15-9-5-10(21-14(16)19-9)20-12-11-7-3-1-2-4-8(7)22-13(11)18-6-17-12/h5-6H,1-4H2,(H,17,18,19,20,21). The van der Waals surface area contributed by atoms with Crippen molar-refractivity contribution >= 4 is 59.1 Å². The van der Waals surface area contributed by atoms with Crippen LogP contribution in [-0.2, 0) is 12.8 Å². The predicted octanol–water partition coefficient (Wildman–Crippen LogP) is 3.41. The summed E-state index contributed by atoms with van der Waals surface area (Å²) in [6.45, 7) is 0. The van der Waals surface area contributed by atoms with Gasteiger partial charge in [0.1, 0.15) is 0 Å². The molecule has 0 unspecified atom stereocenters. The molecule has 0 radical (unpaired) electrons. The van der Waals surface area contributed by atoms with E-state index in [0.717, 1.165) is 22.0 Å². The SMILES string of the molecule is Clc1cc(Nc2ncnc3[se]c4c(c23)CCCC4)nc(Cl)n1. The van der Waals surface area contributed by atoms with Crippen molar-refractivity contribution in [3.05, 3.63) is 32.8 Å². The van der Waals surface area contributed by atoms with Gasteiger partial charge in [0.2, 0.25) is 0 Å². The van der Waals surface area contributed by atoms with Crippen LogP contribution in [0.15, 0.2) is 12.4 Å². The third-order valence-corrected chi connectivity index (χ3v) is 6.55. The minimum atomic E-state index is 0.113. The zero-order valence-electron chi connectivity index (χ0n) is 11.4. The van der Waals surface area contributed by atoms with Crippen molar-refractivity contribution in [3.63, 3.8) is 0 Å². The van der Waals surface area contributed by atoms with Crippen LogP contribution in [-0.4, -0.2) is 34.4 Å². The first kappa shape index (κ1) is 14.4. The summed E-state index contributed by atoms with van der Waals surface area (Å²) in [6, 6.07) is 1.64. The summed E-state index contributed by atoms with van der Waals surface area (Å²) in [5.74, 6) is 1.33. The number of nitrogens with zero attached hydrogens (tertiary/aromatic N) is 4. The van der Waals surface area contributed by atoms with Crippen LogP contribution >= 0.6 is 23.2 Å². The monoisotopic (exact) mass is 399 g/mol. The van der Waals surface area contributed by atoms with E-state index in [1.165, 1.54) is 24.8 Å². The Bertz CT molecular complexity index is 844. The van der Waals surface area contributed by atoms with Gasteiger partial charge in [0, 0.05) is 0 Å². The summed E-state index contributed by atoms with van der Waals surface area (Å²) >= 11 is 12.1. The maximum absolute atomic E-state index is 5.93. The summed E-state index contributed by atoms with van der Waals surface area (Å²) in [5.41, 5.74) is 1.43. The minimum absolute atomic E-state index is 0.113. The number of anilines is 2. The van der Waals surface area contributed by atoms with Crippen LogP contribution in [0.2, 0.25) is 10.4 Å². The molecular weight excluding hydrogens is 388 g/mol. The molecule has 0 atom stereocenters. The number of aromatic nitrogens is 4. The van der Waals surface area contributed by atoms with Gasteiger partial charge in [-0.1, -0.05) is 0 Å². The van der Waals surface area contributed by atoms with E-state index in [1.54, 1.807) is 16.8 Å². The van der Waals surface area contributed by atoms with Gasteiger partial charge in [-0.25, -0.2) is 0 Å². The molecule has 112 valence electrons. The van der Waals surface area contributed by atoms with Gasteiger partial charge >= 0.3 is 143 Å². The second kappa shape index (κ2) is 5.78. The van der Waals surface area contributed by atoms with Gasteiger partial charge in [-0.3, -0.25) is 0 Å². The third kappa shape index (κ3) is 2.61. The molecule has 0 amide bonds. The van der Waals surface area contributed by atoms with Crippen LogP contribution in [0.1, 0.15) is 22.8 Å². The summed E-state index contributed by atoms with van der Waals surface area (Å²) in [6.07, 6.45) is 6.41. The number of rotatable bonds is 2. The summed E-state index contributed by atoms with van der Waals surface area (Å²) in [4.78, 5) is 16.9. The molecule has 4 rings (SSSR count). The molecule has 3 heterocycles. The Morgan fingerprint density at radius 1 is 1.09 bits per heavy atom. The van der Waals surface area contributed by atoms with E-state index in [1.807, 2.05) is 0 Å². The fourth-order valence-electron chi connectivity index (χ4n) is 2.76. The van der Waals surface area contributed by atoms with E-state index in [9.17, 15) is 0 Å². The molecule has 8 heteroatoms. The van der Waals surface area contributed by atoms with Crippen LogP contribution in [0.4, 0.5) is 11.6 Å². The normalized spacial score (nSPS) is 14.1. The van der Waals surface area contributed by atoms with Crippen molar-refractivity contribution in [3.8, 4) is 0 Å². The van der Waals surface area contributed by atoms with E-state index in [-0.39, 0.29) is 5.28 Å². The van der Waals surface area contributed by atoms with Crippen molar-refractivity contribution in [1.29, 1.82) is 0 Å². The van der Waals surface area contributed by atoms with E-state index in [2.05, 4.69) is 25.3 Å². The quantitative estimate of drug-likeness (QED) is 0.407. The first-order valence-electron chi connectivity index (χ1n) is 6.93. The molecule has 0 aliphatic heterocycles. The Balaban J connectivity index is 1.82. The number of nitrogens with one attached hydrogen (secondary N) is 1. The van der Waals surface area contributed by atoms with Gasteiger partial charge < -0.3 is 0 Å². The number of aryl methyl sites for hydroxylation is 2. The first-order valence-corrected chi connectivity index (χ1v) is 9.40. The van der Waals surface area contributed by atoms with Crippen molar-refractivity contribution in [2.75, 3.05) is 5.32 Å². The molecule has 1 N–H and O–H groups in total. The Kier molecular flexibility index (Phi) is 3.78. The van der Waals surface area contributed by atoms with Crippen molar-refractivity contribution in [2.45, 2.75) is 25.7 Å².